The fourth-order valence-corrected chi connectivity index (χ4v) is 1.15. The van der Waals surface area contributed by atoms with Crippen LogP contribution in [-0.2, 0) is 0 Å². The molecule has 4 heteroatoms. The molecule has 0 atom stereocenters. The molecule has 2 rings (SSSR count). The molecule has 0 aliphatic heterocycles. The summed E-state index contributed by atoms with van der Waals surface area (Å²) in [6.07, 6.45) is 0. The van der Waals surface area contributed by atoms with Crippen LogP contribution in [0.25, 0.3) is 11.1 Å². The Morgan fingerprint density at radius 3 is 2.46 bits per heavy atom. The van der Waals surface area contributed by atoms with E-state index in [1.165, 1.54) is 0 Å². The van der Waals surface area contributed by atoms with Gasteiger partial charge in [-0.15, -0.1) is 0 Å². The lowest BCUT2D eigenvalue weighted by molar-refractivity contribution is 0.277. The molecule has 1 aromatic carbocycles. The van der Waals surface area contributed by atoms with Gasteiger partial charge in [0.05, 0.1) is 0 Å². The van der Waals surface area contributed by atoms with Gasteiger partial charge in [-0.3, -0.25) is 4.79 Å². The number of hydrogen-bond acceptors (Lipinski definition) is 3. The molecule has 0 saturated carbocycles. The standard InChI is InChI=1S/C9H7NO3/c11-8-7(9(12)13-10-8)6-4-2-1-3-5-6/h1-5,12H,(H,10,11). The molecule has 0 spiro atoms. The second-order valence-corrected chi connectivity index (χ2v) is 2.58. The monoisotopic (exact) mass is 177 g/mol. The molecule has 0 fully saturated rings. The van der Waals surface area contributed by atoms with E-state index in [1.54, 1.807) is 24.3 Å². The number of aromatic amines is 1. The molecule has 4 nitrogen and oxygen atoms in total. The second-order valence-electron chi connectivity index (χ2n) is 2.58. The van der Waals surface area contributed by atoms with Crippen molar-refractivity contribution in [1.82, 2.24) is 5.16 Å². The zero-order valence-electron chi connectivity index (χ0n) is 6.65. The van der Waals surface area contributed by atoms with Gasteiger partial charge in [0.15, 0.2) is 0 Å². The second kappa shape index (κ2) is 2.82. The first-order chi connectivity index (χ1) is 6.29. The summed E-state index contributed by atoms with van der Waals surface area (Å²) in [5, 5.41) is 11.2. The van der Waals surface area contributed by atoms with Gasteiger partial charge < -0.3 is 9.63 Å². The van der Waals surface area contributed by atoms with Gasteiger partial charge in [-0.2, -0.15) is 5.16 Å². The van der Waals surface area contributed by atoms with Crippen molar-refractivity contribution in [1.29, 1.82) is 0 Å². The lowest BCUT2D eigenvalue weighted by Crippen LogP contribution is -2.00. The van der Waals surface area contributed by atoms with Crippen LogP contribution in [0.15, 0.2) is 39.6 Å². The summed E-state index contributed by atoms with van der Waals surface area (Å²) >= 11 is 0. The van der Waals surface area contributed by atoms with Gasteiger partial charge in [0.25, 0.3) is 5.56 Å². The van der Waals surface area contributed by atoms with Crippen LogP contribution in [0, 0.1) is 0 Å². The van der Waals surface area contributed by atoms with E-state index in [9.17, 15) is 9.90 Å². The summed E-state index contributed by atoms with van der Waals surface area (Å²) in [6.45, 7) is 0. The molecule has 2 aromatic rings. The Morgan fingerprint density at radius 1 is 1.23 bits per heavy atom. The Bertz CT molecular complexity index is 455. The fourth-order valence-electron chi connectivity index (χ4n) is 1.15. The Morgan fingerprint density at radius 2 is 1.92 bits per heavy atom. The van der Waals surface area contributed by atoms with Gasteiger partial charge in [0, 0.05) is 0 Å². The number of benzene rings is 1. The van der Waals surface area contributed by atoms with E-state index in [-0.39, 0.29) is 11.5 Å². The highest BCUT2D eigenvalue weighted by Gasteiger charge is 2.12. The summed E-state index contributed by atoms with van der Waals surface area (Å²) in [7, 11) is 0. The molecular formula is C9H7NO3. The highest BCUT2D eigenvalue weighted by Crippen LogP contribution is 2.23. The maximum absolute atomic E-state index is 11.1. The zero-order chi connectivity index (χ0) is 9.26. The summed E-state index contributed by atoms with van der Waals surface area (Å²) in [6, 6.07) is 8.83. The Labute approximate surface area is 73.4 Å². The van der Waals surface area contributed by atoms with E-state index in [0.717, 1.165) is 0 Å². The van der Waals surface area contributed by atoms with Crippen molar-refractivity contribution in [2.24, 2.45) is 0 Å². The Kier molecular flexibility index (Phi) is 1.66. The van der Waals surface area contributed by atoms with Gasteiger partial charge >= 0.3 is 5.95 Å². The largest absolute Gasteiger partial charge is 0.479 e. The summed E-state index contributed by atoms with van der Waals surface area (Å²) in [4.78, 5) is 11.1. The molecular weight excluding hydrogens is 170 g/mol. The Hall–Kier alpha value is -1.97. The molecule has 0 aliphatic rings. The van der Waals surface area contributed by atoms with E-state index in [0.29, 0.717) is 5.56 Å². The maximum atomic E-state index is 11.1. The first-order valence-corrected chi connectivity index (χ1v) is 3.75. The van der Waals surface area contributed by atoms with Crippen LogP contribution in [0.1, 0.15) is 0 Å². The molecule has 1 heterocycles. The van der Waals surface area contributed by atoms with Gasteiger partial charge in [-0.1, -0.05) is 30.3 Å². The lowest BCUT2D eigenvalue weighted by Gasteiger charge is -1.93. The Balaban J connectivity index is 2.65. The lowest BCUT2D eigenvalue weighted by atomic mass is 10.1. The fraction of sp³-hybridized carbons (Fsp3) is 0. The molecule has 0 bridgehead atoms. The highest BCUT2D eigenvalue weighted by molar-refractivity contribution is 5.66. The highest BCUT2D eigenvalue weighted by atomic mass is 16.6. The molecule has 13 heavy (non-hydrogen) atoms. The first-order valence-electron chi connectivity index (χ1n) is 3.75. The van der Waals surface area contributed by atoms with Crippen molar-refractivity contribution >= 4 is 0 Å². The van der Waals surface area contributed by atoms with Crippen molar-refractivity contribution in [3.8, 4) is 17.1 Å². The molecule has 2 N–H and O–H groups in total. The number of hydrogen-bond donors (Lipinski definition) is 2. The number of H-pyrrole nitrogens is 1. The van der Waals surface area contributed by atoms with Crippen LogP contribution in [0.5, 0.6) is 5.95 Å². The average Bonchev–Trinajstić information content (AvgIpc) is 2.48. The molecule has 0 radical (unpaired) electrons. The third kappa shape index (κ3) is 1.22. The summed E-state index contributed by atoms with van der Waals surface area (Å²) in [5.41, 5.74) is 0.374. The zero-order valence-corrected chi connectivity index (χ0v) is 6.65. The predicted octanol–water partition coefficient (Wildman–Crippen LogP) is 1.34. The van der Waals surface area contributed by atoms with Crippen LogP contribution < -0.4 is 5.56 Å². The van der Waals surface area contributed by atoms with E-state index < -0.39 is 5.56 Å². The average molecular weight is 177 g/mol. The van der Waals surface area contributed by atoms with Crippen molar-refractivity contribution in [3.05, 3.63) is 40.7 Å². The predicted molar refractivity (Wildman–Crippen MR) is 46.4 cm³/mol. The summed E-state index contributed by atoms with van der Waals surface area (Å²) < 4.78 is 4.47. The number of aromatic hydroxyl groups is 1. The molecule has 0 saturated heterocycles. The van der Waals surface area contributed by atoms with Crippen LogP contribution in [0.2, 0.25) is 0 Å². The van der Waals surface area contributed by atoms with Crippen molar-refractivity contribution in [2.75, 3.05) is 0 Å². The third-order valence-electron chi connectivity index (χ3n) is 1.74. The number of nitrogens with one attached hydrogen (secondary N) is 1. The van der Waals surface area contributed by atoms with Crippen LogP contribution in [-0.4, -0.2) is 10.3 Å². The van der Waals surface area contributed by atoms with E-state index in [4.69, 9.17) is 0 Å². The molecule has 0 aliphatic carbocycles. The quantitative estimate of drug-likeness (QED) is 0.690. The summed E-state index contributed by atoms with van der Waals surface area (Å²) in [5.74, 6) is -0.379. The number of rotatable bonds is 1. The van der Waals surface area contributed by atoms with Crippen molar-refractivity contribution in [3.63, 3.8) is 0 Å². The van der Waals surface area contributed by atoms with Crippen LogP contribution in [0.3, 0.4) is 0 Å². The molecule has 0 unspecified atom stereocenters. The smallest absolute Gasteiger partial charge is 0.317 e. The van der Waals surface area contributed by atoms with E-state index in [2.05, 4.69) is 9.68 Å². The molecule has 1 aromatic heterocycles. The first kappa shape index (κ1) is 7.67. The molecule has 0 amide bonds. The molecule has 66 valence electrons. The minimum Gasteiger partial charge on any atom is -0.479 e. The van der Waals surface area contributed by atoms with E-state index in [1.807, 2.05) is 6.07 Å². The SMILES string of the molecule is O=c1[nH]oc(O)c1-c1ccccc1. The van der Waals surface area contributed by atoms with Crippen molar-refractivity contribution < 1.29 is 9.63 Å². The normalized spacial score (nSPS) is 10.2. The minimum atomic E-state index is -0.427. The number of aromatic nitrogens is 1. The van der Waals surface area contributed by atoms with Crippen molar-refractivity contribution in [2.45, 2.75) is 0 Å². The van der Waals surface area contributed by atoms with E-state index >= 15 is 0 Å². The minimum absolute atomic E-state index is 0.167. The van der Waals surface area contributed by atoms with Crippen LogP contribution in [0.4, 0.5) is 0 Å². The van der Waals surface area contributed by atoms with Gasteiger partial charge in [0.1, 0.15) is 5.56 Å². The van der Waals surface area contributed by atoms with Gasteiger partial charge in [-0.25, -0.2) is 0 Å². The van der Waals surface area contributed by atoms with Crippen LogP contribution >= 0.6 is 0 Å². The van der Waals surface area contributed by atoms with Gasteiger partial charge in [-0.05, 0) is 5.56 Å². The maximum Gasteiger partial charge on any atom is 0.317 e. The topological polar surface area (TPSA) is 66.2 Å². The van der Waals surface area contributed by atoms with Gasteiger partial charge in [0.2, 0.25) is 0 Å². The third-order valence-corrected chi connectivity index (χ3v) is 1.74.